The van der Waals surface area contributed by atoms with Crippen molar-refractivity contribution in [3.05, 3.63) is 48.0 Å². The first-order valence-electron chi connectivity index (χ1n) is 7.48. The second kappa shape index (κ2) is 5.96. The molecule has 0 nitrogen and oxygen atoms in total. The van der Waals surface area contributed by atoms with Crippen molar-refractivity contribution < 1.29 is 0 Å². The maximum absolute atomic E-state index is 6.84. The Morgan fingerprint density at radius 2 is 1.53 bits per heavy atom. The second-order valence-corrected chi connectivity index (χ2v) is 6.19. The summed E-state index contributed by atoms with van der Waals surface area (Å²) in [6, 6.07) is 15.1. The van der Waals surface area contributed by atoms with E-state index < -0.39 is 0 Å². The molecule has 1 aliphatic rings. The third kappa shape index (κ3) is 2.79. The van der Waals surface area contributed by atoms with Crippen LogP contribution in [0.1, 0.15) is 49.5 Å². The summed E-state index contributed by atoms with van der Waals surface area (Å²) >= 11 is 6.84. The minimum atomic E-state index is 0.171. The highest BCUT2D eigenvalue weighted by atomic mass is 35.5. The largest absolute Gasteiger partial charge is 0.117 e. The molecular weight excluding hydrogens is 252 g/mol. The lowest BCUT2D eigenvalue weighted by Gasteiger charge is -2.22. The first kappa shape index (κ1) is 13.0. The summed E-state index contributed by atoms with van der Waals surface area (Å²) in [5, 5.41) is 2.80. The zero-order chi connectivity index (χ0) is 13.1. The molecule has 1 heteroatoms. The van der Waals surface area contributed by atoms with Gasteiger partial charge in [0.2, 0.25) is 0 Å². The summed E-state index contributed by atoms with van der Waals surface area (Å²) in [6.45, 7) is 0. The lowest BCUT2D eigenvalue weighted by Crippen LogP contribution is -2.07. The summed E-state index contributed by atoms with van der Waals surface area (Å²) < 4.78 is 0. The molecule has 19 heavy (non-hydrogen) atoms. The quantitative estimate of drug-likeness (QED) is 0.458. The number of hydrogen-bond acceptors (Lipinski definition) is 0. The number of benzene rings is 2. The average molecular weight is 273 g/mol. The average Bonchev–Trinajstić information content (AvgIpc) is 2.75. The molecule has 0 amide bonds. The molecule has 1 atom stereocenters. The Kier molecular flexibility index (Phi) is 4.08. The van der Waals surface area contributed by atoms with E-state index in [9.17, 15) is 0 Å². The zero-order valence-corrected chi connectivity index (χ0v) is 12.1. The normalized spacial score (nSPS) is 19.2. The molecule has 0 spiro atoms. The number of hydrogen-bond donors (Lipinski definition) is 0. The van der Waals surface area contributed by atoms with Crippen LogP contribution < -0.4 is 0 Å². The van der Waals surface area contributed by atoms with Crippen LogP contribution in [0.25, 0.3) is 10.8 Å². The van der Waals surface area contributed by atoms with Crippen LogP contribution in [-0.4, -0.2) is 0 Å². The molecule has 0 N–H and O–H groups in total. The van der Waals surface area contributed by atoms with E-state index in [1.807, 2.05) is 0 Å². The fraction of sp³-hybridized carbons (Fsp3) is 0.444. The molecule has 3 rings (SSSR count). The van der Waals surface area contributed by atoms with Crippen molar-refractivity contribution >= 4 is 22.4 Å². The highest BCUT2D eigenvalue weighted by Gasteiger charge is 2.23. The summed E-state index contributed by atoms with van der Waals surface area (Å²) in [7, 11) is 0. The Labute approximate surface area is 120 Å². The Bertz CT molecular complexity index is 533. The third-order valence-electron chi connectivity index (χ3n) is 4.43. The van der Waals surface area contributed by atoms with Gasteiger partial charge < -0.3 is 0 Å². The van der Waals surface area contributed by atoms with Gasteiger partial charge in [-0.3, -0.25) is 0 Å². The van der Waals surface area contributed by atoms with Gasteiger partial charge in [0, 0.05) is 0 Å². The Balaban J connectivity index is 1.94. The van der Waals surface area contributed by atoms with E-state index in [1.54, 1.807) is 0 Å². The van der Waals surface area contributed by atoms with Crippen LogP contribution in [0.4, 0.5) is 0 Å². The van der Waals surface area contributed by atoms with E-state index in [2.05, 4.69) is 42.5 Å². The number of fused-ring (bicyclic) bond motifs is 1. The molecule has 1 saturated carbocycles. The van der Waals surface area contributed by atoms with Crippen molar-refractivity contribution in [3.8, 4) is 0 Å². The molecule has 100 valence electrons. The SMILES string of the molecule is ClC(c1cccc2ccccc12)C1CCCCCC1. The molecule has 0 aliphatic heterocycles. The minimum absolute atomic E-state index is 0.171. The van der Waals surface area contributed by atoms with Crippen LogP contribution >= 0.6 is 11.6 Å². The summed E-state index contributed by atoms with van der Waals surface area (Å²) in [6.07, 6.45) is 8.04. The Hall–Kier alpha value is -1.01. The van der Waals surface area contributed by atoms with Gasteiger partial charge in [-0.25, -0.2) is 0 Å². The van der Waals surface area contributed by atoms with E-state index in [0.717, 1.165) is 0 Å². The van der Waals surface area contributed by atoms with Crippen LogP contribution in [0.5, 0.6) is 0 Å². The molecule has 1 aliphatic carbocycles. The van der Waals surface area contributed by atoms with Crippen LogP contribution in [0.2, 0.25) is 0 Å². The molecule has 0 radical (unpaired) electrons. The summed E-state index contributed by atoms with van der Waals surface area (Å²) in [5.41, 5.74) is 1.33. The van der Waals surface area contributed by atoms with Crippen molar-refractivity contribution in [1.82, 2.24) is 0 Å². The number of alkyl halides is 1. The Morgan fingerprint density at radius 3 is 2.32 bits per heavy atom. The molecule has 2 aromatic carbocycles. The second-order valence-electron chi connectivity index (χ2n) is 5.72. The van der Waals surface area contributed by atoms with Crippen LogP contribution in [0.3, 0.4) is 0 Å². The first-order valence-corrected chi connectivity index (χ1v) is 7.91. The van der Waals surface area contributed by atoms with Gasteiger partial charge in [-0.1, -0.05) is 68.1 Å². The minimum Gasteiger partial charge on any atom is -0.117 e. The monoisotopic (exact) mass is 272 g/mol. The highest BCUT2D eigenvalue weighted by Crippen LogP contribution is 2.40. The topological polar surface area (TPSA) is 0 Å². The van der Waals surface area contributed by atoms with E-state index in [1.165, 1.54) is 54.9 Å². The predicted molar refractivity (Wildman–Crippen MR) is 83.7 cm³/mol. The molecule has 2 aromatic rings. The maximum atomic E-state index is 6.84. The van der Waals surface area contributed by atoms with Gasteiger partial charge in [-0.05, 0) is 35.1 Å². The van der Waals surface area contributed by atoms with Crippen molar-refractivity contribution in [2.75, 3.05) is 0 Å². The zero-order valence-electron chi connectivity index (χ0n) is 11.3. The van der Waals surface area contributed by atoms with Gasteiger partial charge in [0.25, 0.3) is 0 Å². The van der Waals surface area contributed by atoms with Gasteiger partial charge in [0.1, 0.15) is 0 Å². The van der Waals surface area contributed by atoms with Crippen LogP contribution in [-0.2, 0) is 0 Å². The smallest absolute Gasteiger partial charge is 0.0619 e. The number of halogens is 1. The summed E-state index contributed by atoms with van der Waals surface area (Å²) in [4.78, 5) is 0. The first-order chi connectivity index (χ1) is 9.36. The van der Waals surface area contributed by atoms with Crippen LogP contribution in [0.15, 0.2) is 42.5 Å². The van der Waals surface area contributed by atoms with E-state index >= 15 is 0 Å². The molecular formula is C18H21Cl. The van der Waals surface area contributed by atoms with Crippen molar-refractivity contribution in [2.24, 2.45) is 5.92 Å². The molecule has 1 fully saturated rings. The van der Waals surface area contributed by atoms with Crippen molar-refractivity contribution in [3.63, 3.8) is 0 Å². The highest BCUT2D eigenvalue weighted by molar-refractivity contribution is 6.22. The van der Waals surface area contributed by atoms with Crippen molar-refractivity contribution in [2.45, 2.75) is 43.9 Å². The lowest BCUT2D eigenvalue weighted by molar-refractivity contribution is 0.446. The molecule has 0 bridgehead atoms. The van der Waals surface area contributed by atoms with Gasteiger partial charge >= 0.3 is 0 Å². The summed E-state index contributed by atoms with van der Waals surface area (Å²) in [5.74, 6) is 0.648. The fourth-order valence-electron chi connectivity index (χ4n) is 3.35. The van der Waals surface area contributed by atoms with Gasteiger partial charge in [0.05, 0.1) is 5.38 Å². The predicted octanol–water partition coefficient (Wildman–Crippen LogP) is 6.09. The van der Waals surface area contributed by atoms with E-state index in [-0.39, 0.29) is 5.38 Å². The molecule has 0 heterocycles. The molecule has 1 unspecified atom stereocenters. The van der Waals surface area contributed by atoms with Gasteiger partial charge in [-0.2, -0.15) is 0 Å². The molecule has 0 aromatic heterocycles. The van der Waals surface area contributed by atoms with E-state index in [4.69, 9.17) is 11.6 Å². The van der Waals surface area contributed by atoms with Crippen LogP contribution in [0, 0.1) is 5.92 Å². The standard InChI is InChI=1S/C18H21Cl/c19-18(15-9-3-1-2-4-10-15)17-13-7-11-14-8-5-6-12-16(14)17/h5-8,11-13,15,18H,1-4,9-10H2. The van der Waals surface area contributed by atoms with Gasteiger partial charge in [0.15, 0.2) is 0 Å². The lowest BCUT2D eigenvalue weighted by atomic mass is 9.89. The fourth-order valence-corrected chi connectivity index (χ4v) is 3.79. The van der Waals surface area contributed by atoms with Crippen molar-refractivity contribution in [1.29, 1.82) is 0 Å². The third-order valence-corrected chi connectivity index (χ3v) is 5.03. The van der Waals surface area contributed by atoms with E-state index in [0.29, 0.717) is 5.92 Å². The molecule has 0 saturated heterocycles. The maximum Gasteiger partial charge on any atom is 0.0619 e. The Morgan fingerprint density at radius 1 is 0.842 bits per heavy atom. The number of rotatable bonds is 2. The van der Waals surface area contributed by atoms with Gasteiger partial charge in [-0.15, -0.1) is 11.6 Å².